The number of carbonyl (C=O) groups excluding carboxylic acids is 3. The molecule has 1 aliphatic heterocycles. The van der Waals surface area contributed by atoms with Gasteiger partial charge in [-0.05, 0) is 49.4 Å². The van der Waals surface area contributed by atoms with Crippen molar-refractivity contribution in [1.29, 1.82) is 0 Å². The Hall–Kier alpha value is -3.15. The minimum absolute atomic E-state index is 0.0733. The molecule has 1 heterocycles. The second kappa shape index (κ2) is 8.47. The third-order valence-corrected chi connectivity index (χ3v) is 5.42. The van der Waals surface area contributed by atoms with E-state index in [4.69, 9.17) is 9.47 Å². The van der Waals surface area contributed by atoms with E-state index in [2.05, 4.69) is 5.32 Å². The zero-order valence-corrected chi connectivity index (χ0v) is 16.1. The number of ether oxygens (including phenoxy) is 2. The van der Waals surface area contributed by atoms with Crippen molar-refractivity contribution in [3.8, 4) is 0 Å². The van der Waals surface area contributed by atoms with E-state index in [1.54, 1.807) is 36.4 Å². The number of carbonyl (C=O) groups is 3. The van der Waals surface area contributed by atoms with Gasteiger partial charge in [0.2, 0.25) is 0 Å². The van der Waals surface area contributed by atoms with Gasteiger partial charge < -0.3 is 14.8 Å². The Labute approximate surface area is 169 Å². The summed E-state index contributed by atoms with van der Waals surface area (Å²) in [6.07, 6.45) is 4.31. The molecule has 2 aliphatic rings. The summed E-state index contributed by atoms with van der Waals surface area (Å²) in [7, 11) is 0. The van der Waals surface area contributed by atoms with E-state index in [1.807, 2.05) is 12.1 Å². The zero-order chi connectivity index (χ0) is 20.2. The number of benzene rings is 2. The summed E-state index contributed by atoms with van der Waals surface area (Å²) >= 11 is 0. The maximum atomic E-state index is 12.7. The second-order valence-corrected chi connectivity index (χ2v) is 7.46. The summed E-state index contributed by atoms with van der Waals surface area (Å²) in [5, 5.41) is 2.73. The van der Waals surface area contributed by atoms with E-state index in [1.165, 1.54) is 6.42 Å². The molecule has 4 rings (SSSR count). The zero-order valence-electron chi connectivity index (χ0n) is 16.1. The van der Waals surface area contributed by atoms with Crippen LogP contribution in [0.5, 0.6) is 0 Å². The Balaban J connectivity index is 1.46. The van der Waals surface area contributed by atoms with Gasteiger partial charge in [0, 0.05) is 6.42 Å². The highest BCUT2D eigenvalue weighted by atomic mass is 16.6. The molecule has 6 nitrogen and oxygen atoms in total. The highest BCUT2D eigenvalue weighted by Gasteiger charge is 2.31. The van der Waals surface area contributed by atoms with Crippen LogP contribution in [-0.2, 0) is 20.7 Å². The van der Waals surface area contributed by atoms with Gasteiger partial charge in [-0.1, -0.05) is 36.8 Å². The monoisotopic (exact) mass is 393 g/mol. The molecule has 0 spiro atoms. The first-order chi connectivity index (χ1) is 14.1. The van der Waals surface area contributed by atoms with Crippen molar-refractivity contribution in [3.05, 3.63) is 65.2 Å². The molecule has 0 bridgehead atoms. The standard InChI is InChI=1S/C23H23NO5/c25-21(20-14-15-8-4-5-11-17(15)22(26)29-20)24-19-13-7-6-12-18(19)23(27)28-16-9-2-1-3-10-16/h4-8,11-13,16,20H,1-3,9-10,14H2,(H,24,25). The number of cyclic esters (lactones) is 1. The summed E-state index contributed by atoms with van der Waals surface area (Å²) in [6, 6.07) is 13.8. The third kappa shape index (κ3) is 4.31. The molecule has 150 valence electrons. The van der Waals surface area contributed by atoms with E-state index < -0.39 is 23.9 Å². The van der Waals surface area contributed by atoms with Crippen LogP contribution in [0, 0.1) is 0 Å². The number of esters is 2. The highest BCUT2D eigenvalue weighted by molar-refractivity contribution is 6.04. The van der Waals surface area contributed by atoms with Gasteiger partial charge in [0.1, 0.15) is 6.10 Å². The van der Waals surface area contributed by atoms with Crippen molar-refractivity contribution < 1.29 is 23.9 Å². The lowest BCUT2D eigenvalue weighted by Gasteiger charge is -2.24. The van der Waals surface area contributed by atoms with Crippen molar-refractivity contribution in [3.63, 3.8) is 0 Å². The predicted molar refractivity (Wildman–Crippen MR) is 107 cm³/mol. The maximum Gasteiger partial charge on any atom is 0.340 e. The summed E-state index contributed by atoms with van der Waals surface area (Å²) in [5.41, 5.74) is 1.91. The number of anilines is 1. The van der Waals surface area contributed by atoms with Crippen LogP contribution in [0.15, 0.2) is 48.5 Å². The quantitative estimate of drug-likeness (QED) is 0.797. The van der Waals surface area contributed by atoms with Crippen LogP contribution in [0.25, 0.3) is 0 Å². The van der Waals surface area contributed by atoms with Gasteiger partial charge in [-0.3, -0.25) is 4.79 Å². The summed E-state index contributed by atoms with van der Waals surface area (Å²) in [5.74, 6) is -1.43. The van der Waals surface area contributed by atoms with Crippen molar-refractivity contribution >= 4 is 23.5 Å². The molecule has 2 aromatic carbocycles. The molecule has 0 radical (unpaired) electrons. The average Bonchev–Trinajstić information content (AvgIpc) is 2.75. The van der Waals surface area contributed by atoms with Gasteiger partial charge >= 0.3 is 11.9 Å². The molecule has 1 saturated carbocycles. The molecule has 29 heavy (non-hydrogen) atoms. The first-order valence-electron chi connectivity index (χ1n) is 10.0. The van der Waals surface area contributed by atoms with E-state index in [0.717, 1.165) is 31.2 Å². The lowest BCUT2D eigenvalue weighted by molar-refractivity contribution is -0.125. The number of rotatable bonds is 4. The van der Waals surface area contributed by atoms with Crippen molar-refractivity contribution in [1.82, 2.24) is 0 Å². The number of para-hydroxylation sites is 1. The van der Waals surface area contributed by atoms with Crippen molar-refractivity contribution in [2.45, 2.75) is 50.7 Å². The van der Waals surface area contributed by atoms with Gasteiger partial charge in [0.05, 0.1) is 16.8 Å². The van der Waals surface area contributed by atoms with Gasteiger partial charge in [0.25, 0.3) is 5.91 Å². The lowest BCUT2D eigenvalue weighted by Crippen LogP contribution is -2.38. The number of fused-ring (bicyclic) bond motifs is 1. The number of hydrogen-bond donors (Lipinski definition) is 1. The molecule has 1 fully saturated rings. The van der Waals surface area contributed by atoms with Gasteiger partial charge in [0.15, 0.2) is 6.10 Å². The summed E-state index contributed by atoms with van der Waals surface area (Å²) in [6.45, 7) is 0. The molecule has 1 aliphatic carbocycles. The molecule has 0 saturated heterocycles. The van der Waals surface area contributed by atoms with Crippen LogP contribution in [0.2, 0.25) is 0 Å². The Morgan fingerprint density at radius 3 is 2.52 bits per heavy atom. The molecule has 0 aromatic heterocycles. The van der Waals surface area contributed by atoms with E-state index in [-0.39, 0.29) is 6.10 Å². The van der Waals surface area contributed by atoms with Gasteiger partial charge in [-0.15, -0.1) is 0 Å². The van der Waals surface area contributed by atoms with Crippen molar-refractivity contribution in [2.24, 2.45) is 0 Å². The Kier molecular flexibility index (Phi) is 5.60. The minimum Gasteiger partial charge on any atom is -0.459 e. The fourth-order valence-electron chi connectivity index (χ4n) is 3.86. The Morgan fingerprint density at radius 1 is 0.966 bits per heavy atom. The number of amides is 1. The van der Waals surface area contributed by atoms with Crippen molar-refractivity contribution in [2.75, 3.05) is 5.32 Å². The summed E-state index contributed by atoms with van der Waals surface area (Å²) in [4.78, 5) is 37.6. The maximum absolute atomic E-state index is 12.7. The summed E-state index contributed by atoms with van der Waals surface area (Å²) < 4.78 is 10.9. The largest absolute Gasteiger partial charge is 0.459 e. The first kappa shape index (κ1) is 19.2. The van der Waals surface area contributed by atoms with E-state index in [9.17, 15) is 14.4 Å². The van der Waals surface area contributed by atoms with Gasteiger partial charge in [-0.25, -0.2) is 9.59 Å². The molecular formula is C23H23NO5. The fourth-order valence-corrected chi connectivity index (χ4v) is 3.86. The van der Waals surface area contributed by atoms with Crippen LogP contribution in [0.1, 0.15) is 58.4 Å². The van der Waals surface area contributed by atoms with E-state index in [0.29, 0.717) is 23.2 Å². The first-order valence-corrected chi connectivity index (χ1v) is 10.0. The fraction of sp³-hybridized carbons (Fsp3) is 0.348. The Morgan fingerprint density at radius 2 is 1.69 bits per heavy atom. The highest BCUT2D eigenvalue weighted by Crippen LogP contribution is 2.25. The van der Waals surface area contributed by atoms with E-state index >= 15 is 0 Å². The molecular weight excluding hydrogens is 370 g/mol. The molecule has 1 N–H and O–H groups in total. The molecule has 1 amide bonds. The third-order valence-electron chi connectivity index (χ3n) is 5.42. The van der Waals surface area contributed by atoms with Gasteiger partial charge in [-0.2, -0.15) is 0 Å². The topological polar surface area (TPSA) is 81.7 Å². The number of nitrogens with one attached hydrogen (secondary N) is 1. The van der Waals surface area contributed by atoms with Crippen LogP contribution < -0.4 is 5.32 Å². The van der Waals surface area contributed by atoms with Crippen LogP contribution >= 0.6 is 0 Å². The average molecular weight is 393 g/mol. The van der Waals surface area contributed by atoms with Crippen LogP contribution in [-0.4, -0.2) is 30.1 Å². The lowest BCUT2D eigenvalue weighted by atomic mass is 9.97. The Bertz CT molecular complexity index is 932. The smallest absolute Gasteiger partial charge is 0.340 e. The molecule has 2 aromatic rings. The molecule has 1 atom stereocenters. The molecule has 6 heteroatoms. The van der Waals surface area contributed by atoms with Crippen LogP contribution in [0.3, 0.4) is 0 Å². The SMILES string of the molecule is O=C1OC(C(=O)Nc2ccccc2C(=O)OC2CCCCC2)Cc2ccccc21. The second-order valence-electron chi connectivity index (χ2n) is 7.46. The molecule has 1 unspecified atom stereocenters. The van der Waals surface area contributed by atoms with Crippen LogP contribution in [0.4, 0.5) is 5.69 Å². The number of hydrogen-bond acceptors (Lipinski definition) is 5. The predicted octanol–water partition coefficient (Wildman–Crippen LogP) is 3.90. The minimum atomic E-state index is -0.945. The normalized spacial score (nSPS) is 19.0.